The lowest BCUT2D eigenvalue weighted by Gasteiger charge is -2.26. The van der Waals surface area contributed by atoms with Crippen LogP contribution in [0.5, 0.6) is 11.5 Å². The average Bonchev–Trinajstić information content (AvgIpc) is 3.18. The Labute approximate surface area is 112 Å². The zero-order valence-corrected chi connectivity index (χ0v) is 11.7. The monoisotopic (exact) mass is 265 g/mol. The Hall–Kier alpha value is -0.870. The average molecular weight is 265 g/mol. The van der Waals surface area contributed by atoms with Gasteiger partial charge in [-0.05, 0) is 43.7 Å². The first-order chi connectivity index (χ1) is 8.67. The van der Waals surface area contributed by atoms with Gasteiger partial charge in [-0.25, -0.2) is 0 Å². The Kier molecular flexibility index (Phi) is 2.94. The van der Waals surface area contributed by atoms with Gasteiger partial charge in [-0.2, -0.15) is 0 Å². The van der Waals surface area contributed by atoms with Crippen LogP contribution in [0.25, 0.3) is 0 Å². The van der Waals surface area contributed by atoms with Gasteiger partial charge in [0, 0.05) is 16.4 Å². The van der Waals surface area contributed by atoms with Gasteiger partial charge in [-0.15, -0.1) is 11.8 Å². The van der Waals surface area contributed by atoms with E-state index in [0.717, 1.165) is 11.5 Å². The van der Waals surface area contributed by atoms with E-state index in [1.54, 1.807) is 11.8 Å². The highest BCUT2D eigenvalue weighted by Gasteiger charge is 2.49. The fraction of sp³-hybridized carbons (Fsp3) is 0.571. The number of hydrogen-bond donors (Lipinski definition) is 1. The van der Waals surface area contributed by atoms with Crippen LogP contribution in [0.3, 0.4) is 0 Å². The van der Waals surface area contributed by atoms with Crippen molar-refractivity contribution in [2.45, 2.75) is 36.1 Å². The third-order valence-corrected chi connectivity index (χ3v) is 4.84. The van der Waals surface area contributed by atoms with Gasteiger partial charge in [-0.1, -0.05) is 0 Å². The van der Waals surface area contributed by atoms with Crippen molar-refractivity contribution >= 4 is 11.8 Å². The highest BCUT2D eigenvalue weighted by molar-refractivity contribution is 7.98. The first-order valence-corrected chi connectivity index (χ1v) is 7.63. The fourth-order valence-electron chi connectivity index (χ4n) is 2.73. The fourth-order valence-corrected chi connectivity index (χ4v) is 3.44. The summed E-state index contributed by atoms with van der Waals surface area (Å²) in [6, 6.07) is 4.44. The smallest absolute Gasteiger partial charge is 0.162 e. The summed E-state index contributed by atoms with van der Waals surface area (Å²) < 4.78 is 11.3. The summed E-state index contributed by atoms with van der Waals surface area (Å²) in [5.41, 5.74) is 7.69. The molecular formula is C14H19NO2S. The van der Waals surface area contributed by atoms with Gasteiger partial charge >= 0.3 is 0 Å². The van der Waals surface area contributed by atoms with Gasteiger partial charge in [0.25, 0.3) is 0 Å². The number of rotatable bonds is 3. The molecule has 1 saturated carbocycles. The molecule has 0 saturated heterocycles. The van der Waals surface area contributed by atoms with Gasteiger partial charge in [0.2, 0.25) is 0 Å². The van der Waals surface area contributed by atoms with E-state index in [0.29, 0.717) is 13.2 Å². The topological polar surface area (TPSA) is 44.5 Å². The summed E-state index contributed by atoms with van der Waals surface area (Å²) in [6.45, 7) is 3.38. The van der Waals surface area contributed by atoms with Crippen LogP contribution in [-0.4, -0.2) is 25.5 Å². The van der Waals surface area contributed by atoms with Crippen LogP contribution in [0.2, 0.25) is 0 Å². The second-order valence-electron chi connectivity index (χ2n) is 5.14. The van der Waals surface area contributed by atoms with Gasteiger partial charge in [0.15, 0.2) is 11.5 Å². The molecule has 2 aliphatic rings. The Morgan fingerprint density at radius 2 is 1.83 bits per heavy atom. The second kappa shape index (κ2) is 4.35. The molecule has 1 aromatic carbocycles. The first-order valence-electron chi connectivity index (χ1n) is 6.41. The molecule has 0 amide bonds. The molecule has 4 heteroatoms. The maximum atomic E-state index is 6.18. The molecule has 98 valence electrons. The van der Waals surface area contributed by atoms with E-state index in [9.17, 15) is 0 Å². The molecule has 2 N–H and O–H groups in total. The SMILES string of the molecule is CSc1cc2c(cc1C1(C(C)N)CC1)OCCO2. The van der Waals surface area contributed by atoms with Gasteiger partial charge in [0.05, 0.1) is 0 Å². The van der Waals surface area contributed by atoms with Crippen molar-refractivity contribution in [1.29, 1.82) is 0 Å². The summed E-state index contributed by atoms with van der Waals surface area (Å²) >= 11 is 1.76. The molecule has 1 fully saturated rings. The standard InChI is InChI=1S/C14H19NO2S/c1-9(15)14(3-4-14)10-7-11-12(8-13(10)18-2)17-6-5-16-11/h7-9H,3-6,15H2,1-2H3. The maximum absolute atomic E-state index is 6.18. The van der Waals surface area contributed by atoms with Crippen molar-refractivity contribution in [3.63, 3.8) is 0 Å². The minimum Gasteiger partial charge on any atom is -0.486 e. The number of benzene rings is 1. The largest absolute Gasteiger partial charge is 0.486 e. The van der Waals surface area contributed by atoms with Crippen LogP contribution in [0.15, 0.2) is 17.0 Å². The van der Waals surface area contributed by atoms with Gasteiger partial charge in [0.1, 0.15) is 13.2 Å². The molecule has 3 rings (SSSR count). The molecule has 1 aliphatic carbocycles. The Bertz CT molecular complexity index is 469. The lowest BCUT2D eigenvalue weighted by atomic mass is 9.89. The van der Waals surface area contributed by atoms with Gasteiger partial charge in [-0.3, -0.25) is 0 Å². The van der Waals surface area contributed by atoms with Crippen molar-refractivity contribution in [2.75, 3.05) is 19.5 Å². The number of nitrogens with two attached hydrogens (primary N) is 1. The normalized spacial score (nSPS) is 21.5. The van der Waals surface area contributed by atoms with E-state index in [2.05, 4.69) is 25.3 Å². The van der Waals surface area contributed by atoms with Crippen molar-refractivity contribution in [3.05, 3.63) is 17.7 Å². The van der Waals surface area contributed by atoms with Crippen LogP contribution in [-0.2, 0) is 5.41 Å². The molecule has 1 unspecified atom stereocenters. The lowest BCUT2D eigenvalue weighted by Crippen LogP contribution is -2.32. The quantitative estimate of drug-likeness (QED) is 0.853. The Balaban J connectivity index is 2.08. The van der Waals surface area contributed by atoms with Crippen LogP contribution in [0.4, 0.5) is 0 Å². The molecule has 0 spiro atoms. The molecular weight excluding hydrogens is 246 g/mol. The molecule has 1 atom stereocenters. The molecule has 3 nitrogen and oxygen atoms in total. The van der Waals surface area contributed by atoms with E-state index in [1.807, 2.05) is 0 Å². The molecule has 18 heavy (non-hydrogen) atoms. The summed E-state index contributed by atoms with van der Waals surface area (Å²) in [4.78, 5) is 1.27. The van der Waals surface area contributed by atoms with Crippen LogP contribution in [0.1, 0.15) is 25.3 Å². The summed E-state index contributed by atoms with van der Waals surface area (Å²) in [5, 5.41) is 0. The minimum atomic E-state index is 0.161. The third kappa shape index (κ3) is 1.79. The zero-order chi connectivity index (χ0) is 12.8. The molecule has 0 bridgehead atoms. The number of fused-ring (bicyclic) bond motifs is 1. The highest BCUT2D eigenvalue weighted by atomic mass is 32.2. The first kappa shape index (κ1) is 12.2. The van der Waals surface area contributed by atoms with Crippen LogP contribution in [0, 0.1) is 0 Å². The van der Waals surface area contributed by atoms with Crippen molar-refractivity contribution < 1.29 is 9.47 Å². The third-order valence-electron chi connectivity index (χ3n) is 4.06. The summed E-state index contributed by atoms with van der Waals surface area (Å²) in [5.74, 6) is 1.75. The predicted molar refractivity (Wildman–Crippen MR) is 73.8 cm³/mol. The van der Waals surface area contributed by atoms with Crippen LogP contribution >= 0.6 is 11.8 Å². The van der Waals surface area contributed by atoms with Crippen molar-refractivity contribution in [2.24, 2.45) is 5.73 Å². The molecule has 0 aromatic heterocycles. The predicted octanol–water partition coefficient (Wildman–Crippen LogP) is 2.56. The van der Waals surface area contributed by atoms with E-state index in [4.69, 9.17) is 15.2 Å². The van der Waals surface area contributed by atoms with E-state index < -0.39 is 0 Å². The Morgan fingerprint density at radius 1 is 1.22 bits per heavy atom. The lowest BCUT2D eigenvalue weighted by molar-refractivity contribution is 0.170. The summed E-state index contributed by atoms with van der Waals surface area (Å²) in [6.07, 6.45) is 4.46. The van der Waals surface area contributed by atoms with Crippen LogP contribution < -0.4 is 15.2 Å². The number of hydrogen-bond acceptors (Lipinski definition) is 4. The molecule has 1 aliphatic heterocycles. The molecule has 1 aromatic rings. The van der Waals surface area contributed by atoms with Gasteiger partial charge < -0.3 is 15.2 Å². The highest BCUT2D eigenvalue weighted by Crippen LogP contribution is 2.54. The van der Waals surface area contributed by atoms with E-state index in [1.165, 1.54) is 23.3 Å². The second-order valence-corrected chi connectivity index (χ2v) is 5.99. The van der Waals surface area contributed by atoms with Crippen molar-refractivity contribution in [1.82, 2.24) is 0 Å². The molecule has 0 radical (unpaired) electrons. The summed E-state index contributed by atoms with van der Waals surface area (Å²) in [7, 11) is 0. The molecule has 1 heterocycles. The number of thioether (sulfide) groups is 1. The van der Waals surface area contributed by atoms with E-state index >= 15 is 0 Å². The Morgan fingerprint density at radius 3 is 2.33 bits per heavy atom. The zero-order valence-electron chi connectivity index (χ0n) is 10.9. The van der Waals surface area contributed by atoms with E-state index in [-0.39, 0.29) is 11.5 Å². The van der Waals surface area contributed by atoms with Crippen molar-refractivity contribution in [3.8, 4) is 11.5 Å². The number of ether oxygens (including phenoxy) is 2. The maximum Gasteiger partial charge on any atom is 0.162 e. The minimum absolute atomic E-state index is 0.161.